The van der Waals surface area contributed by atoms with Crippen molar-refractivity contribution < 1.29 is 4.79 Å². The number of hydrogen-bond donors (Lipinski definition) is 1. The largest absolute Gasteiger partial charge is 0.355 e. The first-order valence-corrected chi connectivity index (χ1v) is 5.07. The van der Waals surface area contributed by atoms with Crippen LogP contribution in [-0.2, 0) is 4.79 Å². The number of halogens is 1. The maximum atomic E-state index is 11.0. The Bertz CT molecular complexity index is 376. The summed E-state index contributed by atoms with van der Waals surface area (Å²) in [5.74, 6) is 0.459. The molecule has 1 aliphatic rings. The highest BCUT2D eigenvalue weighted by Crippen LogP contribution is 2.26. The zero-order chi connectivity index (χ0) is 10.1. The first kappa shape index (κ1) is 9.53. The molecule has 0 radical (unpaired) electrons. The quantitative estimate of drug-likeness (QED) is 0.755. The molecule has 0 spiro atoms. The summed E-state index contributed by atoms with van der Waals surface area (Å²) in [4.78, 5) is 11.0. The molecule has 0 aromatic heterocycles. The topological polar surface area (TPSA) is 29.1 Å². The van der Waals surface area contributed by atoms with Gasteiger partial charge in [0.1, 0.15) is 0 Å². The van der Waals surface area contributed by atoms with Crippen LogP contribution in [0.25, 0.3) is 0 Å². The molecule has 1 amide bonds. The minimum atomic E-state index is 0.141. The van der Waals surface area contributed by atoms with Crippen LogP contribution in [0.3, 0.4) is 0 Å². The third kappa shape index (κ3) is 1.75. The highest BCUT2D eigenvalue weighted by Gasteiger charge is 2.22. The van der Waals surface area contributed by atoms with Crippen molar-refractivity contribution in [2.45, 2.75) is 19.3 Å². The molecule has 1 heterocycles. The van der Waals surface area contributed by atoms with Crippen molar-refractivity contribution in [2.24, 2.45) is 0 Å². The summed E-state index contributed by atoms with van der Waals surface area (Å²) in [5.41, 5.74) is 2.27. The van der Waals surface area contributed by atoms with Crippen molar-refractivity contribution >= 4 is 17.5 Å². The second-order valence-electron chi connectivity index (χ2n) is 3.71. The molecule has 1 saturated heterocycles. The van der Waals surface area contributed by atoms with Gasteiger partial charge in [-0.1, -0.05) is 23.7 Å². The van der Waals surface area contributed by atoms with Crippen LogP contribution in [0.4, 0.5) is 0 Å². The number of rotatable bonds is 1. The first-order chi connectivity index (χ1) is 6.66. The van der Waals surface area contributed by atoms with Crippen LogP contribution in [0, 0.1) is 6.92 Å². The molecule has 2 rings (SSSR count). The fourth-order valence-corrected chi connectivity index (χ4v) is 1.88. The standard InChI is InChI=1S/C11H12ClNO/c1-7-4-8(2-3-10(7)12)9-5-11(14)13-6-9/h2-4,9H,5-6H2,1H3,(H,13,14)/t9-/m1/s1. The molecule has 1 fully saturated rings. The smallest absolute Gasteiger partial charge is 0.220 e. The van der Waals surface area contributed by atoms with E-state index in [1.54, 1.807) is 0 Å². The molecule has 0 aliphatic carbocycles. The summed E-state index contributed by atoms with van der Waals surface area (Å²) >= 11 is 5.93. The lowest BCUT2D eigenvalue weighted by atomic mass is 9.97. The van der Waals surface area contributed by atoms with Gasteiger partial charge in [0.25, 0.3) is 0 Å². The molecular formula is C11H12ClNO. The summed E-state index contributed by atoms with van der Waals surface area (Å²) < 4.78 is 0. The van der Waals surface area contributed by atoms with Crippen molar-refractivity contribution in [3.05, 3.63) is 34.3 Å². The van der Waals surface area contributed by atoms with Crippen LogP contribution in [0.1, 0.15) is 23.5 Å². The van der Waals surface area contributed by atoms with E-state index in [1.807, 2.05) is 19.1 Å². The molecular weight excluding hydrogens is 198 g/mol. The molecule has 0 saturated carbocycles. The van der Waals surface area contributed by atoms with E-state index in [-0.39, 0.29) is 5.91 Å². The predicted molar refractivity (Wildman–Crippen MR) is 56.6 cm³/mol. The minimum absolute atomic E-state index is 0.141. The number of carbonyl (C=O) groups is 1. The zero-order valence-electron chi connectivity index (χ0n) is 8.01. The SMILES string of the molecule is Cc1cc([C@H]2CNC(=O)C2)ccc1Cl. The molecule has 1 N–H and O–H groups in total. The summed E-state index contributed by atoms with van der Waals surface area (Å²) in [6.07, 6.45) is 0.598. The fourth-order valence-electron chi connectivity index (χ4n) is 1.76. The number of aryl methyl sites for hydroxylation is 1. The van der Waals surface area contributed by atoms with Crippen LogP contribution in [0.2, 0.25) is 5.02 Å². The average Bonchev–Trinajstić information content (AvgIpc) is 2.57. The molecule has 0 unspecified atom stereocenters. The van der Waals surface area contributed by atoms with Crippen molar-refractivity contribution in [2.75, 3.05) is 6.54 Å². The molecule has 1 aliphatic heterocycles. The van der Waals surface area contributed by atoms with Gasteiger partial charge in [0.2, 0.25) is 5.91 Å². The van der Waals surface area contributed by atoms with E-state index >= 15 is 0 Å². The van der Waals surface area contributed by atoms with Gasteiger partial charge in [0.15, 0.2) is 0 Å². The van der Waals surface area contributed by atoms with Crippen LogP contribution in [-0.4, -0.2) is 12.5 Å². The Morgan fingerprint density at radius 2 is 2.29 bits per heavy atom. The summed E-state index contributed by atoms with van der Waals surface area (Å²) in [5, 5.41) is 3.61. The summed E-state index contributed by atoms with van der Waals surface area (Å²) in [6.45, 7) is 2.73. The highest BCUT2D eigenvalue weighted by molar-refractivity contribution is 6.31. The predicted octanol–water partition coefficient (Wildman–Crippen LogP) is 2.25. The van der Waals surface area contributed by atoms with E-state index < -0.39 is 0 Å². The number of carbonyl (C=O) groups excluding carboxylic acids is 1. The van der Waals surface area contributed by atoms with Crippen LogP contribution < -0.4 is 5.32 Å². The second kappa shape index (κ2) is 3.62. The van der Waals surface area contributed by atoms with Crippen molar-refractivity contribution in [3.8, 4) is 0 Å². The van der Waals surface area contributed by atoms with E-state index in [1.165, 1.54) is 5.56 Å². The van der Waals surface area contributed by atoms with Crippen molar-refractivity contribution in [1.82, 2.24) is 5.32 Å². The van der Waals surface area contributed by atoms with E-state index in [2.05, 4.69) is 11.4 Å². The Kier molecular flexibility index (Phi) is 2.46. The van der Waals surface area contributed by atoms with Gasteiger partial charge < -0.3 is 5.32 Å². The van der Waals surface area contributed by atoms with Gasteiger partial charge in [-0.15, -0.1) is 0 Å². The van der Waals surface area contributed by atoms with E-state index in [0.717, 1.165) is 17.1 Å². The van der Waals surface area contributed by atoms with Crippen LogP contribution >= 0.6 is 11.6 Å². The summed E-state index contributed by atoms with van der Waals surface area (Å²) in [7, 11) is 0. The number of amides is 1. The third-order valence-corrected chi connectivity index (χ3v) is 3.05. The first-order valence-electron chi connectivity index (χ1n) is 4.69. The Hall–Kier alpha value is -1.02. The normalized spacial score (nSPS) is 21.0. The Morgan fingerprint density at radius 3 is 2.86 bits per heavy atom. The maximum Gasteiger partial charge on any atom is 0.220 e. The molecule has 1 aromatic carbocycles. The fraction of sp³-hybridized carbons (Fsp3) is 0.364. The Labute approximate surface area is 88.3 Å². The Balaban J connectivity index is 2.24. The van der Waals surface area contributed by atoms with Gasteiger partial charge in [0, 0.05) is 23.9 Å². The van der Waals surface area contributed by atoms with Gasteiger partial charge in [-0.3, -0.25) is 4.79 Å². The molecule has 3 heteroatoms. The lowest BCUT2D eigenvalue weighted by molar-refractivity contribution is -0.119. The lowest BCUT2D eigenvalue weighted by Crippen LogP contribution is -2.13. The lowest BCUT2D eigenvalue weighted by Gasteiger charge is -2.09. The molecule has 74 valence electrons. The molecule has 14 heavy (non-hydrogen) atoms. The minimum Gasteiger partial charge on any atom is -0.355 e. The average molecular weight is 210 g/mol. The van der Waals surface area contributed by atoms with E-state index in [4.69, 9.17) is 11.6 Å². The van der Waals surface area contributed by atoms with Crippen LogP contribution in [0.5, 0.6) is 0 Å². The zero-order valence-corrected chi connectivity index (χ0v) is 8.77. The second-order valence-corrected chi connectivity index (χ2v) is 4.12. The van der Waals surface area contributed by atoms with Crippen molar-refractivity contribution in [1.29, 1.82) is 0 Å². The van der Waals surface area contributed by atoms with Gasteiger partial charge in [0.05, 0.1) is 0 Å². The van der Waals surface area contributed by atoms with Gasteiger partial charge in [-0.2, -0.15) is 0 Å². The van der Waals surface area contributed by atoms with E-state index in [0.29, 0.717) is 12.3 Å². The number of benzene rings is 1. The van der Waals surface area contributed by atoms with Crippen LogP contribution in [0.15, 0.2) is 18.2 Å². The number of hydrogen-bond acceptors (Lipinski definition) is 1. The number of nitrogens with one attached hydrogen (secondary N) is 1. The Morgan fingerprint density at radius 1 is 1.50 bits per heavy atom. The van der Waals surface area contributed by atoms with E-state index in [9.17, 15) is 4.79 Å². The third-order valence-electron chi connectivity index (χ3n) is 2.63. The van der Waals surface area contributed by atoms with Gasteiger partial charge in [-0.05, 0) is 24.1 Å². The van der Waals surface area contributed by atoms with Crippen molar-refractivity contribution in [3.63, 3.8) is 0 Å². The highest BCUT2D eigenvalue weighted by atomic mass is 35.5. The van der Waals surface area contributed by atoms with Gasteiger partial charge in [-0.25, -0.2) is 0 Å². The maximum absolute atomic E-state index is 11.0. The van der Waals surface area contributed by atoms with Gasteiger partial charge >= 0.3 is 0 Å². The molecule has 2 nitrogen and oxygen atoms in total. The monoisotopic (exact) mass is 209 g/mol. The molecule has 0 bridgehead atoms. The summed E-state index contributed by atoms with van der Waals surface area (Å²) in [6, 6.07) is 5.96. The molecule has 1 atom stereocenters. The molecule has 1 aromatic rings.